The van der Waals surface area contributed by atoms with Crippen LogP contribution >= 0.6 is 47.8 Å². The van der Waals surface area contributed by atoms with Crippen LogP contribution in [0.2, 0.25) is 0 Å². The fourth-order valence-electron chi connectivity index (χ4n) is 2.62. The zero-order valence-corrected chi connectivity index (χ0v) is 14.1. The van der Waals surface area contributed by atoms with E-state index in [2.05, 4.69) is 59.9 Å². The van der Waals surface area contributed by atoms with Crippen LogP contribution in [-0.4, -0.2) is 3.49 Å². The van der Waals surface area contributed by atoms with E-state index in [0.29, 0.717) is 0 Å². The third-order valence-corrected chi connectivity index (χ3v) is 6.00. The van der Waals surface area contributed by atoms with Gasteiger partial charge in [0.25, 0.3) is 0 Å². The quantitative estimate of drug-likeness (QED) is 0.516. The van der Waals surface area contributed by atoms with Crippen LogP contribution in [0.25, 0.3) is 0 Å². The lowest BCUT2D eigenvalue weighted by atomic mass is 9.76. The van der Waals surface area contributed by atoms with Crippen molar-refractivity contribution in [1.82, 2.24) is 0 Å². The molecule has 1 aliphatic rings. The highest BCUT2D eigenvalue weighted by Gasteiger charge is 2.50. The van der Waals surface area contributed by atoms with Gasteiger partial charge in [0.15, 0.2) is 0 Å². The van der Waals surface area contributed by atoms with Crippen molar-refractivity contribution in [3.8, 4) is 0 Å². The minimum absolute atomic E-state index is 0.119. The Morgan fingerprint density at radius 1 is 1.18 bits per heavy atom. The van der Waals surface area contributed by atoms with E-state index in [1.54, 1.807) is 0 Å². The first-order valence-electron chi connectivity index (χ1n) is 5.76. The molecule has 0 spiro atoms. The number of alkyl halides is 4. The average molecular weight is 429 g/mol. The largest absolute Gasteiger partial charge is 0.223 e. The lowest BCUT2D eigenvalue weighted by Crippen LogP contribution is -2.40. The molecule has 0 aromatic heterocycles. The first-order chi connectivity index (χ1) is 7.94. The van der Waals surface area contributed by atoms with Gasteiger partial charge in [0, 0.05) is 5.92 Å². The summed E-state index contributed by atoms with van der Waals surface area (Å²) >= 11 is 10.1. The molecule has 0 heterocycles. The summed E-state index contributed by atoms with van der Waals surface area (Å²) in [6.07, 6.45) is 4.04. The van der Waals surface area contributed by atoms with Crippen LogP contribution in [0.3, 0.4) is 0 Å². The molecule has 0 radical (unpaired) electrons. The molecule has 17 heavy (non-hydrogen) atoms. The number of halogens is 4. The monoisotopic (exact) mass is 426 g/mol. The summed E-state index contributed by atoms with van der Waals surface area (Å²) in [5, 5.41) is 0. The Bertz CT molecular complexity index is 374. The Kier molecular flexibility index (Phi) is 4.37. The molecule has 0 nitrogen and oxygen atoms in total. The number of hydrogen-bond donors (Lipinski definition) is 0. The van der Waals surface area contributed by atoms with Crippen molar-refractivity contribution in [2.45, 2.75) is 33.5 Å². The third kappa shape index (κ3) is 2.95. The topological polar surface area (TPSA) is 0 Å². The summed E-state index contributed by atoms with van der Waals surface area (Å²) in [4.78, 5) is 0. The lowest BCUT2D eigenvalue weighted by Gasteiger charge is -2.43. The molecular weight excluding hydrogens is 415 g/mol. The maximum atomic E-state index is 14.3. The predicted octanol–water partition coefficient (Wildman–Crippen LogP) is 5.88. The second kappa shape index (κ2) is 5.30. The highest BCUT2D eigenvalue weighted by molar-refractivity contribution is 9.25. The maximum absolute atomic E-state index is 14.3. The van der Waals surface area contributed by atoms with E-state index in [0.717, 1.165) is 31.2 Å². The van der Waals surface area contributed by atoms with Gasteiger partial charge in [0.1, 0.15) is 0 Å². The molecule has 1 aromatic rings. The van der Waals surface area contributed by atoms with Gasteiger partial charge >= 0.3 is 0 Å². The van der Waals surface area contributed by atoms with Crippen LogP contribution in [0.5, 0.6) is 0 Å². The van der Waals surface area contributed by atoms with E-state index in [-0.39, 0.29) is 10.2 Å². The van der Waals surface area contributed by atoms with Crippen molar-refractivity contribution in [2.24, 2.45) is 5.92 Å². The van der Waals surface area contributed by atoms with Crippen molar-refractivity contribution >= 4 is 47.8 Å². The summed E-state index contributed by atoms with van der Waals surface area (Å²) in [5.74, 6) is -0.119. The third-order valence-electron chi connectivity index (χ3n) is 3.48. The summed E-state index contributed by atoms with van der Waals surface area (Å²) in [7, 11) is 0. The molecular formula is C13H14Br3F. The number of hydrogen-bond acceptors (Lipinski definition) is 0. The van der Waals surface area contributed by atoms with Gasteiger partial charge in [-0.1, -0.05) is 59.1 Å². The second-order valence-corrected chi connectivity index (χ2v) is 9.36. The Morgan fingerprint density at radius 3 is 2.41 bits per heavy atom. The Labute approximate surface area is 127 Å². The normalized spacial score (nSPS) is 30.2. The van der Waals surface area contributed by atoms with Crippen LogP contribution in [0, 0.1) is 5.92 Å². The Balaban J connectivity index is 2.38. The van der Waals surface area contributed by atoms with Crippen LogP contribution in [0.4, 0.5) is 4.39 Å². The summed E-state index contributed by atoms with van der Waals surface area (Å²) in [6.45, 7) is 0. The minimum Gasteiger partial charge on any atom is -0.218 e. The minimum atomic E-state index is -1.51. The average Bonchev–Trinajstić information content (AvgIpc) is 2.29. The SMILES string of the molecule is FC(Br)(Br)C1CCCCC1(Br)c1ccccc1. The maximum Gasteiger partial charge on any atom is 0.223 e. The van der Waals surface area contributed by atoms with E-state index < -0.39 is 3.49 Å². The highest BCUT2D eigenvalue weighted by Crippen LogP contribution is 2.57. The first-order valence-corrected chi connectivity index (χ1v) is 8.13. The van der Waals surface area contributed by atoms with Gasteiger partial charge in [-0.15, -0.1) is 0 Å². The molecule has 2 unspecified atom stereocenters. The Morgan fingerprint density at radius 2 is 1.82 bits per heavy atom. The van der Waals surface area contributed by atoms with Gasteiger partial charge in [-0.05, 0) is 50.3 Å². The van der Waals surface area contributed by atoms with E-state index in [4.69, 9.17) is 0 Å². The van der Waals surface area contributed by atoms with Gasteiger partial charge in [-0.25, -0.2) is 4.39 Å². The van der Waals surface area contributed by atoms with Crippen molar-refractivity contribution in [3.63, 3.8) is 0 Å². The molecule has 0 amide bonds. The second-order valence-electron chi connectivity index (χ2n) is 4.57. The van der Waals surface area contributed by atoms with E-state index in [1.165, 1.54) is 0 Å². The molecule has 1 fully saturated rings. The van der Waals surface area contributed by atoms with E-state index >= 15 is 0 Å². The van der Waals surface area contributed by atoms with Gasteiger partial charge in [-0.2, -0.15) is 0 Å². The van der Waals surface area contributed by atoms with Crippen molar-refractivity contribution in [1.29, 1.82) is 0 Å². The summed E-state index contributed by atoms with van der Waals surface area (Å²) < 4.78 is 12.5. The molecule has 1 aromatic carbocycles. The van der Waals surface area contributed by atoms with Gasteiger partial charge < -0.3 is 0 Å². The number of rotatable bonds is 2. The highest BCUT2D eigenvalue weighted by atomic mass is 79.9. The standard InChI is InChI=1S/C13H14Br3F/c14-12(10-6-2-1-3-7-10)9-5-4-8-11(12)13(15,16)17/h1-3,6-7,11H,4-5,8-9H2. The summed E-state index contributed by atoms with van der Waals surface area (Å²) in [5.41, 5.74) is 1.16. The smallest absolute Gasteiger partial charge is 0.218 e. The molecule has 4 heteroatoms. The van der Waals surface area contributed by atoms with Crippen molar-refractivity contribution in [2.75, 3.05) is 0 Å². The van der Waals surface area contributed by atoms with Crippen LogP contribution in [0.1, 0.15) is 31.2 Å². The summed E-state index contributed by atoms with van der Waals surface area (Å²) in [6, 6.07) is 10.1. The van der Waals surface area contributed by atoms with Crippen LogP contribution in [-0.2, 0) is 4.32 Å². The number of benzene rings is 1. The zero-order valence-electron chi connectivity index (χ0n) is 9.30. The fraction of sp³-hybridized carbons (Fsp3) is 0.538. The first kappa shape index (κ1) is 14.0. The molecule has 2 atom stereocenters. The lowest BCUT2D eigenvalue weighted by molar-refractivity contribution is 0.192. The molecule has 1 aliphatic carbocycles. The zero-order chi connectivity index (χ0) is 12.5. The molecule has 0 saturated heterocycles. The molecule has 0 N–H and O–H groups in total. The van der Waals surface area contributed by atoms with Crippen molar-refractivity contribution < 1.29 is 4.39 Å². The van der Waals surface area contributed by atoms with E-state index in [9.17, 15) is 4.39 Å². The van der Waals surface area contributed by atoms with Crippen molar-refractivity contribution in [3.05, 3.63) is 35.9 Å². The van der Waals surface area contributed by atoms with E-state index in [1.807, 2.05) is 18.2 Å². The predicted molar refractivity (Wildman–Crippen MR) is 80.7 cm³/mol. The molecule has 2 rings (SSSR count). The van der Waals surface area contributed by atoms with Gasteiger partial charge in [-0.3, -0.25) is 0 Å². The van der Waals surface area contributed by atoms with Crippen LogP contribution < -0.4 is 0 Å². The molecule has 0 bridgehead atoms. The van der Waals surface area contributed by atoms with Gasteiger partial charge in [0.05, 0.1) is 4.32 Å². The van der Waals surface area contributed by atoms with Crippen LogP contribution in [0.15, 0.2) is 30.3 Å². The molecule has 94 valence electrons. The fourth-order valence-corrected chi connectivity index (χ4v) is 5.56. The molecule has 0 aliphatic heterocycles. The van der Waals surface area contributed by atoms with Gasteiger partial charge in [0.2, 0.25) is 3.49 Å². The Hall–Kier alpha value is 0.590. The molecule has 1 saturated carbocycles.